The SMILES string of the molecule is O=C(CCl)NCCN1C(=O)Cc2ccccc21. The monoisotopic (exact) mass is 252 g/mol. The molecule has 0 atom stereocenters. The highest BCUT2D eigenvalue weighted by molar-refractivity contribution is 6.27. The number of nitrogens with one attached hydrogen (secondary N) is 1. The van der Waals surface area contributed by atoms with Gasteiger partial charge in [-0.15, -0.1) is 11.6 Å². The lowest BCUT2D eigenvalue weighted by atomic mass is 10.2. The zero-order valence-corrected chi connectivity index (χ0v) is 10.0. The Bertz CT molecular complexity index is 448. The Morgan fingerprint density at radius 2 is 2.18 bits per heavy atom. The van der Waals surface area contributed by atoms with Crippen LogP contribution < -0.4 is 10.2 Å². The Hall–Kier alpha value is -1.55. The first-order chi connectivity index (χ1) is 8.22. The molecule has 0 radical (unpaired) electrons. The molecule has 90 valence electrons. The Balaban J connectivity index is 1.97. The highest BCUT2D eigenvalue weighted by Gasteiger charge is 2.25. The Morgan fingerprint density at radius 1 is 1.41 bits per heavy atom. The van der Waals surface area contributed by atoms with Crippen LogP contribution in [0.1, 0.15) is 5.56 Å². The van der Waals surface area contributed by atoms with Crippen LogP contribution in [0.5, 0.6) is 0 Å². The van der Waals surface area contributed by atoms with E-state index in [1.54, 1.807) is 4.90 Å². The number of halogens is 1. The number of nitrogens with zero attached hydrogens (tertiary/aromatic N) is 1. The first-order valence-corrected chi connectivity index (χ1v) is 5.97. The summed E-state index contributed by atoms with van der Waals surface area (Å²) in [6, 6.07) is 7.70. The average molecular weight is 253 g/mol. The molecule has 0 saturated heterocycles. The van der Waals surface area contributed by atoms with Crippen LogP contribution >= 0.6 is 11.6 Å². The predicted molar refractivity (Wildman–Crippen MR) is 66.2 cm³/mol. The van der Waals surface area contributed by atoms with Crippen molar-refractivity contribution in [2.24, 2.45) is 0 Å². The summed E-state index contributed by atoms with van der Waals surface area (Å²) in [5.74, 6) is -0.192. The summed E-state index contributed by atoms with van der Waals surface area (Å²) < 4.78 is 0. The summed E-state index contributed by atoms with van der Waals surface area (Å²) in [6.45, 7) is 0.907. The number of hydrogen-bond donors (Lipinski definition) is 1. The molecule has 1 aromatic rings. The molecular formula is C12H13ClN2O2. The number of benzene rings is 1. The third-order valence-corrected chi connectivity index (χ3v) is 2.95. The fourth-order valence-electron chi connectivity index (χ4n) is 1.92. The van der Waals surface area contributed by atoms with E-state index in [2.05, 4.69) is 5.32 Å². The lowest BCUT2D eigenvalue weighted by Crippen LogP contribution is -2.37. The van der Waals surface area contributed by atoms with Gasteiger partial charge in [-0.3, -0.25) is 9.59 Å². The summed E-state index contributed by atoms with van der Waals surface area (Å²) >= 11 is 5.36. The summed E-state index contributed by atoms with van der Waals surface area (Å²) in [5, 5.41) is 2.65. The topological polar surface area (TPSA) is 49.4 Å². The van der Waals surface area contributed by atoms with Crippen LogP contribution in [0.25, 0.3) is 0 Å². The van der Waals surface area contributed by atoms with Gasteiger partial charge in [0.15, 0.2) is 0 Å². The van der Waals surface area contributed by atoms with Crippen LogP contribution in [-0.2, 0) is 16.0 Å². The third kappa shape index (κ3) is 2.58. The van der Waals surface area contributed by atoms with E-state index in [1.165, 1.54) is 0 Å². The molecule has 0 unspecified atom stereocenters. The smallest absolute Gasteiger partial charge is 0.234 e. The number of para-hydroxylation sites is 1. The molecule has 0 saturated carbocycles. The molecule has 5 heteroatoms. The molecule has 0 spiro atoms. The number of carbonyl (C=O) groups is 2. The van der Waals surface area contributed by atoms with Gasteiger partial charge in [-0.2, -0.15) is 0 Å². The number of hydrogen-bond acceptors (Lipinski definition) is 2. The van der Waals surface area contributed by atoms with E-state index in [0.717, 1.165) is 11.3 Å². The molecule has 1 aliphatic rings. The molecule has 1 heterocycles. The van der Waals surface area contributed by atoms with Crippen LogP contribution in [0.2, 0.25) is 0 Å². The Morgan fingerprint density at radius 3 is 2.94 bits per heavy atom. The minimum absolute atomic E-state index is 0.0511. The zero-order valence-electron chi connectivity index (χ0n) is 9.28. The van der Waals surface area contributed by atoms with E-state index in [-0.39, 0.29) is 17.7 Å². The van der Waals surface area contributed by atoms with Gasteiger partial charge in [0.05, 0.1) is 6.42 Å². The minimum Gasteiger partial charge on any atom is -0.353 e. The Kier molecular flexibility index (Phi) is 3.64. The van der Waals surface area contributed by atoms with Crippen LogP contribution in [-0.4, -0.2) is 30.8 Å². The van der Waals surface area contributed by atoms with E-state index in [0.29, 0.717) is 19.5 Å². The molecule has 4 nitrogen and oxygen atoms in total. The van der Waals surface area contributed by atoms with E-state index < -0.39 is 0 Å². The molecule has 17 heavy (non-hydrogen) atoms. The molecule has 0 aromatic heterocycles. The summed E-state index contributed by atoms with van der Waals surface area (Å²) in [4.78, 5) is 24.4. The lowest BCUT2D eigenvalue weighted by molar-refractivity contribution is -0.119. The summed E-state index contributed by atoms with van der Waals surface area (Å²) in [6.07, 6.45) is 0.444. The molecule has 1 N–H and O–H groups in total. The van der Waals surface area contributed by atoms with Crippen LogP contribution in [0, 0.1) is 0 Å². The molecule has 0 aliphatic carbocycles. The fourth-order valence-corrected chi connectivity index (χ4v) is 2.01. The van der Waals surface area contributed by atoms with Gasteiger partial charge in [0.25, 0.3) is 0 Å². The third-order valence-electron chi connectivity index (χ3n) is 2.70. The summed E-state index contributed by atoms with van der Waals surface area (Å²) in [5.41, 5.74) is 1.98. The van der Waals surface area contributed by atoms with Crippen LogP contribution in [0.4, 0.5) is 5.69 Å². The fraction of sp³-hybridized carbons (Fsp3) is 0.333. The highest BCUT2D eigenvalue weighted by atomic mass is 35.5. The summed E-state index contributed by atoms with van der Waals surface area (Å²) in [7, 11) is 0. The minimum atomic E-state index is -0.216. The number of carbonyl (C=O) groups excluding carboxylic acids is 2. The van der Waals surface area contributed by atoms with Crippen molar-refractivity contribution in [3.63, 3.8) is 0 Å². The molecule has 2 rings (SSSR count). The second-order valence-corrected chi connectivity index (χ2v) is 4.10. The number of rotatable bonds is 4. The van der Waals surface area contributed by atoms with Gasteiger partial charge in [0.2, 0.25) is 11.8 Å². The van der Waals surface area contributed by atoms with Gasteiger partial charge in [-0.1, -0.05) is 18.2 Å². The van der Waals surface area contributed by atoms with Gasteiger partial charge in [0, 0.05) is 18.8 Å². The van der Waals surface area contributed by atoms with Crippen molar-refractivity contribution in [1.82, 2.24) is 5.32 Å². The second-order valence-electron chi connectivity index (χ2n) is 3.83. The maximum Gasteiger partial charge on any atom is 0.234 e. The molecule has 0 bridgehead atoms. The largest absolute Gasteiger partial charge is 0.353 e. The lowest BCUT2D eigenvalue weighted by Gasteiger charge is -2.17. The first-order valence-electron chi connectivity index (χ1n) is 5.43. The molecular weight excluding hydrogens is 240 g/mol. The predicted octanol–water partition coefficient (Wildman–Crippen LogP) is 0.931. The molecule has 2 amide bonds. The number of anilines is 1. The van der Waals surface area contributed by atoms with Crippen molar-refractivity contribution in [3.05, 3.63) is 29.8 Å². The number of fused-ring (bicyclic) bond motifs is 1. The van der Waals surface area contributed by atoms with Crippen molar-refractivity contribution < 1.29 is 9.59 Å². The Labute approximate surface area is 105 Å². The molecule has 0 fully saturated rings. The highest BCUT2D eigenvalue weighted by Crippen LogP contribution is 2.27. The van der Waals surface area contributed by atoms with Crippen molar-refractivity contribution in [2.75, 3.05) is 23.9 Å². The van der Waals surface area contributed by atoms with Crippen molar-refractivity contribution in [1.29, 1.82) is 0 Å². The van der Waals surface area contributed by atoms with Gasteiger partial charge < -0.3 is 10.2 Å². The van der Waals surface area contributed by atoms with Crippen molar-refractivity contribution in [3.8, 4) is 0 Å². The first kappa shape index (κ1) is 11.9. The molecule has 1 aliphatic heterocycles. The van der Waals surface area contributed by atoms with E-state index in [4.69, 9.17) is 11.6 Å². The van der Waals surface area contributed by atoms with Gasteiger partial charge in [-0.25, -0.2) is 0 Å². The zero-order chi connectivity index (χ0) is 12.3. The molecule has 1 aromatic carbocycles. The standard InChI is InChI=1S/C12H13ClN2O2/c13-8-11(16)14-5-6-15-10-4-2-1-3-9(10)7-12(15)17/h1-4H,5-8H2,(H,14,16). The van der Waals surface area contributed by atoms with Gasteiger partial charge >= 0.3 is 0 Å². The maximum atomic E-state index is 11.8. The maximum absolute atomic E-state index is 11.8. The number of alkyl halides is 1. The van der Waals surface area contributed by atoms with E-state index in [1.807, 2.05) is 24.3 Å². The van der Waals surface area contributed by atoms with Crippen LogP contribution in [0.3, 0.4) is 0 Å². The second kappa shape index (κ2) is 5.19. The average Bonchev–Trinajstić information content (AvgIpc) is 2.66. The van der Waals surface area contributed by atoms with Crippen molar-refractivity contribution >= 4 is 29.1 Å². The van der Waals surface area contributed by atoms with E-state index in [9.17, 15) is 9.59 Å². The van der Waals surface area contributed by atoms with Gasteiger partial charge in [0.1, 0.15) is 5.88 Å². The van der Waals surface area contributed by atoms with Gasteiger partial charge in [-0.05, 0) is 11.6 Å². The van der Waals surface area contributed by atoms with E-state index >= 15 is 0 Å². The van der Waals surface area contributed by atoms with Crippen molar-refractivity contribution in [2.45, 2.75) is 6.42 Å². The normalized spacial score (nSPS) is 13.7. The van der Waals surface area contributed by atoms with Crippen LogP contribution in [0.15, 0.2) is 24.3 Å². The quantitative estimate of drug-likeness (QED) is 0.811. The number of amides is 2.